The van der Waals surface area contributed by atoms with Gasteiger partial charge >= 0.3 is 5.63 Å². The molecule has 5 heteroatoms. The Morgan fingerprint density at radius 1 is 1.13 bits per heavy atom. The average molecular weight is 311 g/mol. The Hall–Kier alpha value is -2.95. The average Bonchev–Trinajstić information content (AvgIpc) is 2.53. The summed E-state index contributed by atoms with van der Waals surface area (Å²) in [7, 11) is 0. The van der Waals surface area contributed by atoms with Gasteiger partial charge in [-0.1, -0.05) is 0 Å². The van der Waals surface area contributed by atoms with Gasteiger partial charge in [0.25, 0.3) is 0 Å². The monoisotopic (exact) mass is 311 g/mol. The highest BCUT2D eigenvalue weighted by Gasteiger charge is 2.06. The van der Waals surface area contributed by atoms with Gasteiger partial charge in [0.2, 0.25) is 0 Å². The van der Waals surface area contributed by atoms with Crippen molar-refractivity contribution in [3.63, 3.8) is 0 Å². The Balaban J connectivity index is 1.82. The van der Waals surface area contributed by atoms with E-state index in [0.717, 1.165) is 22.4 Å². The molecule has 0 aliphatic heterocycles. The van der Waals surface area contributed by atoms with Crippen molar-refractivity contribution in [3.05, 3.63) is 64.5 Å². The molecule has 0 aliphatic rings. The summed E-state index contributed by atoms with van der Waals surface area (Å²) in [5, 5.41) is 13.6. The van der Waals surface area contributed by atoms with E-state index in [-0.39, 0.29) is 5.75 Å². The largest absolute Gasteiger partial charge is 0.508 e. The van der Waals surface area contributed by atoms with Gasteiger partial charge in [0.15, 0.2) is 0 Å². The molecular weight excluding hydrogens is 294 g/mol. The van der Waals surface area contributed by atoms with Crippen molar-refractivity contribution in [1.29, 1.82) is 0 Å². The third-order valence-electron chi connectivity index (χ3n) is 3.46. The first-order valence-electron chi connectivity index (χ1n) is 7.38. The topological polar surface area (TPSA) is 71.7 Å². The molecule has 118 valence electrons. The maximum Gasteiger partial charge on any atom is 0.336 e. The first kappa shape index (κ1) is 15.0. The highest BCUT2D eigenvalue weighted by atomic mass is 16.5. The number of nitrogens with one attached hydrogen (secondary N) is 1. The predicted molar refractivity (Wildman–Crippen MR) is 89.1 cm³/mol. The molecule has 0 unspecified atom stereocenters. The molecule has 0 saturated heterocycles. The molecule has 0 saturated carbocycles. The molecular formula is C18H17NO4. The number of fused-ring (bicyclic) bond motifs is 1. The lowest BCUT2D eigenvalue weighted by Crippen LogP contribution is -2.05. The van der Waals surface area contributed by atoms with Crippen LogP contribution in [0.25, 0.3) is 11.0 Å². The van der Waals surface area contributed by atoms with Crippen LogP contribution in [0.2, 0.25) is 0 Å². The van der Waals surface area contributed by atoms with Crippen molar-refractivity contribution in [2.75, 3.05) is 11.9 Å². The highest BCUT2D eigenvalue weighted by molar-refractivity contribution is 5.81. The molecule has 0 bridgehead atoms. The molecule has 2 N–H and O–H groups in total. The van der Waals surface area contributed by atoms with Crippen molar-refractivity contribution in [2.45, 2.75) is 13.5 Å². The van der Waals surface area contributed by atoms with Gasteiger partial charge in [-0.25, -0.2) is 4.79 Å². The van der Waals surface area contributed by atoms with Crippen LogP contribution in [0.15, 0.2) is 57.7 Å². The molecule has 5 nitrogen and oxygen atoms in total. The van der Waals surface area contributed by atoms with Gasteiger partial charge in [-0.2, -0.15) is 0 Å². The molecule has 1 aromatic heterocycles. The fourth-order valence-electron chi connectivity index (χ4n) is 2.40. The summed E-state index contributed by atoms with van der Waals surface area (Å²) in [6.07, 6.45) is 0. The molecule has 0 aliphatic carbocycles. The number of rotatable bonds is 5. The number of benzene rings is 2. The van der Waals surface area contributed by atoms with Crippen LogP contribution in [0.1, 0.15) is 12.5 Å². The van der Waals surface area contributed by atoms with Crippen molar-refractivity contribution >= 4 is 16.7 Å². The molecule has 3 aromatic rings. The minimum atomic E-state index is -0.438. The predicted octanol–water partition coefficient (Wildman–Crippen LogP) is 3.51. The normalized spacial score (nSPS) is 10.7. The zero-order valence-corrected chi connectivity index (χ0v) is 12.7. The highest BCUT2D eigenvalue weighted by Crippen LogP contribution is 2.23. The molecule has 0 atom stereocenters. The quantitative estimate of drug-likeness (QED) is 0.706. The standard InChI is InChI=1S/C18H17NO4/c1-2-22-15-6-3-13(4-7-15)19-11-12-9-18(21)23-17-10-14(20)5-8-16(12)17/h3-10,19-20H,2,11H2,1H3. The zero-order valence-electron chi connectivity index (χ0n) is 12.7. The second-order valence-corrected chi connectivity index (χ2v) is 5.08. The summed E-state index contributed by atoms with van der Waals surface area (Å²) in [4.78, 5) is 11.7. The summed E-state index contributed by atoms with van der Waals surface area (Å²) in [6, 6.07) is 13.8. The van der Waals surface area contributed by atoms with Gasteiger partial charge in [0.05, 0.1) is 6.61 Å². The molecule has 0 fully saturated rings. The summed E-state index contributed by atoms with van der Waals surface area (Å²) in [5.41, 5.74) is 1.67. The summed E-state index contributed by atoms with van der Waals surface area (Å²) < 4.78 is 10.5. The SMILES string of the molecule is CCOc1ccc(NCc2cc(=O)oc3cc(O)ccc23)cc1. The van der Waals surface area contributed by atoms with E-state index in [0.29, 0.717) is 18.7 Å². The van der Waals surface area contributed by atoms with Crippen LogP contribution < -0.4 is 15.7 Å². The van der Waals surface area contributed by atoms with Gasteiger partial charge in [-0.05, 0) is 48.9 Å². The molecule has 23 heavy (non-hydrogen) atoms. The Labute approximate surface area is 133 Å². The van der Waals surface area contributed by atoms with Crippen molar-refractivity contribution in [1.82, 2.24) is 0 Å². The van der Waals surface area contributed by atoms with E-state index < -0.39 is 5.63 Å². The smallest absolute Gasteiger partial charge is 0.336 e. The summed E-state index contributed by atoms with van der Waals surface area (Å²) in [5.74, 6) is 0.886. The zero-order chi connectivity index (χ0) is 16.2. The van der Waals surface area contributed by atoms with Crippen molar-refractivity contribution in [3.8, 4) is 11.5 Å². The number of aromatic hydroxyl groups is 1. The number of anilines is 1. The van der Waals surface area contributed by atoms with Crippen LogP contribution in [-0.2, 0) is 6.54 Å². The third kappa shape index (κ3) is 3.45. The Bertz CT molecular complexity index is 868. The molecule has 0 radical (unpaired) electrons. The second-order valence-electron chi connectivity index (χ2n) is 5.08. The number of hydrogen-bond acceptors (Lipinski definition) is 5. The maximum absolute atomic E-state index is 11.7. The van der Waals surface area contributed by atoms with Gasteiger partial charge < -0.3 is 19.6 Å². The fraction of sp³-hybridized carbons (Fsp3) is 0.167. The third-order valence-corrected chi connectivity index (χ3v) is 3.46. The first-order valence-corrected chi connectivity index (χ1v) is 7.38. The lowest BCUT2D eigenvalue weighted by atomic mass is 10.1. The van der Waals surface area contributed by atoms with Crippen LogP contribution in [0.3, 0.4) is 0 Å². The van der Waals surface area contributed by atoms with E-state index in [1.165, 1.54) is 12.1 Å². The van der Waals surface area contributed by atoms with Crippen LogP contribution in [-0.4, -0.2) is 11.7 Å². The van der Waals surface area contributed by atoms with E-state index >= 15 is 0 Å². The van der Waals surface area contributed by atoms with Crippen LogP contribution in [0, 0.1) is 0 Å². The van der Waals surface area contributed by atoms with Crippen LogP contribution in [0.5, 0.6) is 11.5 Å². The van der Waals surface area contributed by atoms with E-state index in [9.17, 15) is 9.90 Å². The minimum absolute atomic E-state index is 0.0669. The fourth-order valence-corrected chi connectivity index (χ4v) is 2.40. The van der Waals surface area contributed by atoms with Gasteiger partial charge in [-0.15, -0.1) is 0 Å². The minimum Gasteiger partial charge on any atom is -0.508 e. The van der Waals surface area contributed by atoms with Gasteiger partial charge in [0, 0.05) is 29.8 Å². The van der Waals surface area contributed by atoms with Crippen molar-refractivity contribution < 1.29 is 14.3 Å². The van der Waals surface area contributed by atoms with E-state index in [1.54, 1.807) is 12.1 Å². The molecule has 0 amide bonds. The Morgan fingerprint density at radius 3 is 2.65 bits per heavy atom. The molecule has 0 spiro atoms. The second kappa shape index (κ2) is 6.44. The van der Waals surface area contributed by atoms with Gasteiger partial charge in [-0.3, -0.25) is 0 Å². The molecule has 3 rings (SSSR count). The van der Waals surface area contributed by atoms with E-state index in [4.69, 9.17) is 9.15 Å². The Morgan fingerprint density at radius 2 is 1.91 bits per heavy atom. The lowest BCUT2D eigenvalue weighted by Gasteiger charge is -2.10. The Kier molecular flexibility index (Phi) is 4.19. The number of phenols is 1. The van der Waals surface area contributed by atoms with E-state index in [2.05, 4.69) is 5.32 Å². The summed E-state index contributed by atoms with van der Waals surface area (Å²) >= 11 is 0. The maximum atomic E-state index is 11.7. The van der Waals surface area contributed by atoms with Crippen molar-refractivity contribution in [2.24, 2.45) is 0 Å². The summed E-state index contributed by atoms with van der Waals surface area (Å²) in [6.45, 7) is 3.04. The lowest BCUT2D eigenvalue weighted by molar-refractivity contribution is 0.340. The van der Waals surface area contributed by atoms with E-state index in [1.807, 2.05) is 31.2 Å². The van der Waals surface area contributed by atoms with Gasteiger partial charge in [0.1, 0.15) is 17.1 Å². The molecule has 2 aromatic carbocycles. The van der Waals surface area contributed by atoms with Crippen LogP contribution in [0.4, 0.5) is 5.69 Å². The van der Waals surface area contributed by atoms with Crippen LogP contribution >= 0.6 is 0 Å². The number of phenolic OH excluding ortho intramolecular Hbond substituents is 1. The number of hydrogen-bond donors (Lipinski definition) is 2. The molecule has 1 heterocycles. The first-order chi connectivity index (χ1) is 11.2. The number of ether oxygens (including phenoxy) is 1.